The molecule has 5 heteroatoms. The number of para-hydroxylation sites is 1. The Balaban J connectivity index is 2.34. The molecule has 3 N–H and O–H groups in total. The molecule has 4 nitrogen and oxygen atoms in total. The Morgan fingerprint density at radius 2 is 2.17 bits per heavy atom. The van der Waals surface area contributed by atoms with Crippen LogP contribution in [0.15, 0.2) is 24.3 Å². The number of carbonyl (C=O) groups excluding carboxylic acids is 1. The molecule has 1 rings (SSSR count). The molecule has 0 bridgehead atoms. The van der Waals surface area contributed by atoms with Crippen LogP contribution < -0.4 is 11.1 Å². The van der Waals surface area contributed by atoms with Gasteiger partial charge in [-0.1, -0.05) is 12.1 Å². The predicted molar refractivity (Wildman–Crippen MR) is 75.4 cm³/mol. The Morgan fingerprint density at radius 3 is 2.89 bits per heavy atom. The van der Waals surface area contributed by atoms with E-state index in [4.69, 9.17) is 11.0 Å². The molecule has 0 saturated carbocycles. The summed E-state index contributed by atoms with van der Waals surface area (Å²) in [5.41, 5.74) is 6.45. The number of amides is 1. The van der Waals surface area contributed by atoms with Crippen molar-refractivity contribution >= 4 is 23.4 Å². The summed E-state index contributed by atoms with van der Waals surface area (Å²) in [6, 6.07) is 9.04. The fraction of sp³-hybridized carbons (Fsp3) is 0.385. The van der Waals surface area contributed by atoms with E-state index in [-0.39, 0.29) is 5.91 Å². The first kappa shape index (κ1) is 14.6. The number of hydrogen-bond donors (Lipinski definition) is 2. The third-order valence-corrected chi connectivity index (χ3v) is 3.36. The first-order valence-electron chi connectivity index (χ1n) is 5.84. The van der Waals surface area contributed by atoms with Crippen molar-refractivity contribution in [3.8, 4) is 6.07 Å². The fourth-order valence-electron chi connectivity index (χ4n) is 1.35. The molecule has 1 aromatic rings. The molecule has 0 aromatic heterocycles. The number of nitriles is 1. The molecule has 0 saturated heterocycles. The highest BCUT2D eigenvalue weighted by molar-refractivity contribution is 7.99. The standard InChI is InChI=1S/C13H17N3OS/c14-7-3-8-18-9-6-13(17)16-12-5-2-1-4-11(12)10-15/h1-2,4-5H,3,6-9,14H2,(H,16,17). The van der Waals surface area contributed by atoms with E-state index < -0.39 is 0 Å². The summed E-state index contributed by atoms with van der Waals surface area (Å²) in [5.74, 6) is 1.71. The second-order valence-corrected chi connectivity index (χ2v) is 4.93. The molecule has 0 aliphatic rings. The van der Waals surface area contributed by atoms with Gasteiger partial charge in [-0.15, -0.1) is 0 Å². The Hall–Kier alpha value is -1.51. The van der Waals surface area contributed by atoms with Crippen LogP contribution in [0.5, 0.6) is 0 Å². The second-order valence-electron chi connectivity index (χ2n) is 3.71. The van der Waals surface area contributed by atoms with Crippen molar-refractivity contribution in [1.29, 1.82) is 5.26 Å². The largest absolute Gasteiger partial charge is 0.330 e. The quantitative estimate of drug-likeness (QED) is 0.737. The van der Waals surface area contributed by atoms with Gasteiger partial charge in [-0.05, 0) is 30.9 Å². The minimum Gasteiger partial charge on any atom is -0.330 e. The van der Waals surface area contributed by atoms with Crippen LogP contribution in [0.3, 0.4) is 0 Å². The average molecular weight is 263 g/mol. The van der Waals surface area contributed by atoms with Crippen LogP contribution in [-0.2, 0) is 4.79 Å². The van der Waals surface area contributed by atoms with Gasteiger partial charge in [-0.25, -0.2) is 0 Å². The maximum absolute atomic E-state index is 11.7. The molecule has 0 fully saturated rings. The Labute approximate surface area is 112 Å². The fourth-order valence-corrected chi connectivity index (χ4v) is 2.26. The number of benzene rings is 1. The van der Waals surface area contributed by atoms with Crippen molar-refractivity contribution in [2.75, 3.05) is 23.4 Å². The number of thioether (sulfide) groups is 1. The van der Waals surface area contributed by atoms with Gasteiger partial charge in [0.1, 0.15) is 6.07 Å². The van der Waals surface area contributed by atoms with Gasteiger partial charge < -0.3 is 11.1 Å². The summed E-state index contributed by atoms with van der Waals surface area (Å²) in [4.78, 5) is 11.7. The first-order valence-corrected chi connectivity index (χ1v) is 7.00. The molecule has 96 valence electrons. The molecular formula is C13H17N3OS. The summed E-state index contributed by atoms with van der Waals surface area (Å²) in [6.07, 6.45) is 1.43. The summed E-state index contributed by atoms with van der Waals surface area (Å²) in [6.45, 7) is 0.689. The number of hydrogen-bond acceptors (Lipinski definition) is 4. The van der Waals surface area contributed by atoms with Gasteiger partial charge in [0.05, 0.1) is 11.3 Å². The number of anilines is 1. The lowest BCUT2D eigenvalue weighted by atomic mass is 10.2. The number of carbonyl (C=O) groups is 1. The monoisotopic (exact) mass is 263 g/mol. The van der Waals surface area contributed by atoms with E-state index in [0.29, 0.717) is 24.2 Å². The molecule has 1 amide bonds. The number of nitrogens with zero attached hydrogens (tertiary/aromatic N) is 1. The van der Waals surface area contributed by atoms with Gasteiger partial charge in [0, 0.05) is 12.2 Å². The summed E-state index contributed by atoms with van der Waals surface area (Å²) >= 11 is 1.72. The van der Waals surface area contributed by atoms with Gasteiger partial charge in [0.15, 0.2) is 0 Å². The molecule has 0 spiro atoms. The predicted octanol–water partition coefficient (Wildman–Crippen LogP) is 1.97. The molecular weight excluding hydrogens is 246 g/mol. The molecule has 0 radical (unpaired) electrons. The van der Waals surface area contributed by atoms with Gasteiger partial charge in [0.2, 0.25) is 5.91 Å². The lowest BCUT2D eigenvalue weighted by Crippen LogP contribution is -2.13. The average Bonchev–Trinajstić information content (AvgIpc) is 2.39. The van der Waals surface area contributed by atoms with Crippen molar-refractivity contribution in [2.24, 2.45) is 5.73 Å². The number of nitrogens with two attached hydrogens (primary N) is 1. The van der Waals surface area contributed by atoms with E-state index in [2.05, 4.69) is 11.4 Å². The topological polar surface area (TPSA) is 78.9 Å². The minimum atomic E-state index is -0.0575. The number of nitrogens with one attached hydrogen (secondary N) is 1. The molecule has 0 aliphatic heterocycles. The van der Waals surface area contributed by atoms with Crippen molar-refractivity contribution in [3.05, 3.63) is 29.8 Å². The zero-order valence-corrected chi connectivity index (χ0v) is 11.0. The van der Waals surface area contributed by atoms with E-state index in [1.165, 1.54) is 0 Å². The maximum atomic E-state index is 11.7. The molecule has 0 heterocycles. The summed E-state index contributed by atoms with van der Waals surface area (Å²) in [7, 11) is 0. The van der Waals surface area contributed by atoms with Crippen LogP contribution in [0.4, 0.5) is 5.69 Å². The van der Waals surface area contributed by atoms with Crippen molar-refractivity contribution < 1.29 is 4.79 Å². The van der Waals surface area contributed by atoms with E-state index >= 15 is 0 Å². The highest BCUT2D eigenvalue weighted by Crippen LogP contribution is 2.14. The SMILES string of the molecule is N#Cc1ccccc1NC(=O)CCSCCCN. The van der Waals surface area contributed by atoms with Crippen LogP contribution in [-0.4, -0.2) is 24.0 Å². The smallest absolute Gasteiger partial charge is 0.225 e. The molecule has 0 aliphatic carbocycles. The lowest BCUT2D eigenvalue weighted by molar-refractivity contribution is -0.115. The van der Waals surface area contributed by atoms with Crippen molar-refractivity contribution in [1.82, 2.24) is 0 Å². The molecule has 0 atom stereocenters. The van der Waals surface area contributed by atoms with Crippen LogP contribution in [0.1, 0.15) is 18.4 Å². The van der Waals surface area contributed by atoms with E-state index in [0.717, 1.165) is 17.9 Å². The third kappa shape index (κ3) is 5.21. The van der Waals surface area contributed by atoms with Gasteiger partial charge in [-0.2, -0.15) is 17.0 Å². The normalized spacial score (nSPS) is 9.78. The first-order chi connectivity index (χ1) is 8.77. The second kappa shape index (κ2) is 8.56. The van der Waals surface area contributed by atoms with Gasteiger partial charge in [0.25, 0.3) is 0 Å². The molecule has 1 aromatic carbocycles. The van der Waals surface area contributed by atoms with Gasteiger partial charge in [-0.3, -0.25) is 4.79 Å². The van der Waals surface area contributed by atoms with Crippen LogP contribution in [0.2, 0.25) is 0 Å². The van der Waals surface area contributed by atoms with Crippen LogP contribution in [0.25, 0.3) is 0 Å². The molecule has 18 heavy (non-hydrogen) atoms. The summed E-state index contributed by atoms with van der Waals surface area (Å²) in [5, 5.41) is 11.6. The Kier molecular flexibility index (Phi) is 6.92. The summed E-state index contributed by atoms with van der Waals surface area (Å²) < 4.78 is 0. The highest BCUT2D eigenvalue weighted by Gasteiger charge is 2.05. The number of rotatable bonds is 7. The lowest BCUT2D eigenvalue weighted by Gasteiger charge is -2.06. The Morgan fingerprint density at radius 1 is 1.39 bits per heavy atom. The van der Waals surface area contributed by atoms with E-state index in [1.807, 2.05) is 0 Å². The highest BCUT2D eigenvalue weighted by atomic mass is 32.2. The van der Waals surface area contributed by atoms with Crippen molar-refractivity contribution in [3.63, 3.8) is 0 Å². The van der Waals surface area contributed by atoms with E-state index in [1.54, 1.807) is 36.0 Å². The zero-order valence-electron chi connectivity index (χ0n) is 10.2. The van der Waals surface area contributed by atoms with Crippen LogP contribution in [0, 0.1) is 11.3 Å². The van der Waals surface area contributed by atoms with E-state index in [9.17, 15) is 4.79 Å². The van der Waals surface area contributed by atoms with Gasteiger partial charge >= 0.3 is 0 Å². The third-order valence-electron chi connectivity index (χ3n) is 2.29. The zero-order chi connectivity index (χ0) is 13.2. The minimum absolute atomic E-state index is 0.0575. The maximum Gasteiger partial charge on any atom is 0.225 e. The molecule has 0 unspecified atom stereocenters. The van der Waals surface area contributed by atoms with Crippen LogP contribution >= 0.6 is 11.8 Å². The van der Waals surface area contributed by atoms with Crippen molar-refractivity contribution in [2.45, 2.75) is 12.8 Å². The Bertz CT molecular complexity index is 428.